The molecule has 1 N–H and O–H groups in total. The second-order valence-electron chi connectivity index (χ2n) is 11.2. The van der Waals surface area contributed by atoms with Crippen molar-refractivity contribution in [3.8, 4) is 5.75 Å². The summed E-state index contributed by atoms with van der Waals surface area (Å²) in [5.41, 5.74) is 2.45. The lowest BCUT2D eigenvalue weighted by Gasteiger charge is -2.33. The molecule has 220 valence electrons. The highest BCUT2D eigenvalue weighted by Crippen LogP contribution is 2.33. The normalized spacial score (nSPS) is 12.4. The molecule has 3 aromatic rings. The molecule has 0 aliphatic heterocycles. The average Bonchev–Trinajstić information content (AvgIpc) is 2.91. The molecule has 0 saturated carbocycles. The summed E-state index contributed by atoms with van der Waals surface area (Å²) in [6.45, 7) is 10.7. The van der Waals surface area contributed by atoms with E-state index in [1.807, 2.05) is 71.0 Å². The van der Waals surface area contributed by atoms with E-state index < -0.39 is 34.1 Å². The number of carbonyl (C=O) groups is 2. The number of hydrogen-bond donors (Lipinski definition) is 1. The summed E-state index contributed by atoms with van der Waals surface area (Å²) in [5.74, 6) is -0.509. The van der Waals surface area contributed by atoms with Crippen LogP contribution in [0.4, 0.5) is 5.69 Å². The zero-order chi connectivity index (χ0) is 30.4. The van der Waals surface area contributed by atoms with Gasteiger partial charge in [0.15, 0.2) is 0 Å². The largest absolute Gasteiger partial charge is 0.495 e. The second-order valence-corrected chi connectivity index (χ2v) is 13.1. The number of carbonyl (C=O) groups excluding carboxylic acids is 2. The minimum Gasteiger partial charge on any atom is -0.495 e. The quantitative estimate of drug-likeness (QED) is 0.349. The molecule has 0 aliphatic carbocycles. The molecule has 1 atom stereocenters. The fourth-order valence-electron chi connectivity index (χ4n) is 4.39. The summed E-state index contributed by atoms with van der Waals surface area (Å²) >= 11 is 0. The predicted molar refractivity (Wildman–Crippen MR) is 163 cm³/mol. The van der Waals surface area contributed by atoms with Gasteiger partial charge in [0.05, 0.1) is 17.7 Å². The molecule has 0 fully saturated rings. The maximum atomic E-state index is 14.1. The third kappa shape index (κ3) is 8.33. The summed E-state index contributed by atoms with van der Waals surface area (Å²) in [6.07, 6.45) is 0.498. The topological polar surface area (TPSA) is 96.0 Å². The van der Waals surface area contributed by atoms with Crippen LogP contribution in [0.5, 0.6) is 5.75 Å². The van der Waals surface area contributed by atoms with Crippen LogP contribution in [-0.2, 0) is 26.0 Å². The number of nitrogens with zero attached hydrogens (tertiary/aromatic N) is 2. The molecule has 0 spiro atoms. The van der Waals surface area contributed by atoms with Crippen molar-refractivity contribution in [3.05, 3.63) is 89.5 Å². The van der Waals surface area contributed by atoms with Crippen molar-refractivity contribution < 1.29 is 22.7 Å². The molecule has 0 saturated heterocycles. The van der Waals surface area contributed by atoms with Crippen LogP contribution in [0.25, 0.3) is 0 Å². The zero-order valence-electron chi connectivity index (χ0n) is 25.0. The van der Waals surface area contributed by atoms with Crippen molar-refractivity contribution in [2.24, 2.45) is 0 Å². The average molecular weight is 580 g/mol. The Labute approximate surface area is 244 Å². The molecule has 9 heteroatoms. The lowest BCUT2D eigenvalue weighted by Crippen LogP contribution is -2.55. The number of rotatable bonds is 11. The lowest BCUT2D eigenvalue weighted by molar-refractivity contribution is -0.139. The van der Waals surface area contributed by atoms with Gasteiger partial charge < -0.3 is 15.0 Å². The smallest absolute Gasteiger partial charge is 0.264 e. The van der Waals surface area contributed by atoms with Crippen LogP contribution in [-0.4, -0.2) is 56.9 Å². The van der Waals surface area contributed by atoms with Gasteiger partial charge in [0.2, 0.25) is 11.8 Å². The molecule has 2 amide bonds. The Bertz CT molecular complexity index is 1450. The molecule has 3 aromatic carbocycles. The van der Waals surface area contributed by atoms with E-state index in [1.165, 1.54) is 24.1 Å². The molecule has 0 bridgehead atoms. The first-order chi connectivity index (χ1) is 19.2. The van der Waals surface area contributed by atoms with Gasteiger partial charge in [-0.3, -0.25) is 13.9 Å². The molecular weight excluding hydrogens is 538 g/mol. The third-order valence-electron chi connectivity index (χ3n) is 6.64. The van der Waals surface area contributed by atoms with E-state index in [1.54, 1.807) is 31.2 Å². The summed E-state index contributed by atoms with van der Waals surface area (Å²) in [4.78, 5) is 28.8. The van der Waals surface area contributed by atoms with Crippen molar-refractivity contribution in [3.63, 3.8) is 0 Å². The highest BCUT2D eigenvalue weighted by atomic mass is 32.2. The van der Waals surface area contributed by atoms with Crippen molar-refractivity contribution in [1.82, 2.24) is 10.2 Å². The van der Waals surface area contributed by atoms with Gasteiger partial charge in [-0.05, 0) is 83.4 Å². The molecule has 8 nitrogen and oxygen atoms in total. The van der Waals surface area contributed by atoms with Gasteiger partial charge in [-0.2, -0.15) is 0 Å². The van der Waals surface area contributed by atoms with Crippen molar-refractivity contribution in [2.75, 3.05) is 24.5 Å². The minimum atomic E-state index is -4.19. The molecular formula is C32H41N3O5S. The van der Waals surface area contributed by atoms with E-state index in [2.05, 4.69) is 5.32 Å². The highest BCUT2D eigenvalue weighted by molar-refractivity contribution is 7.92. The maximum Gasteiger partial charge on any atom is 0.264 e. The van der Waals surface area contributed by atoms with Crippen LogP contribution in [0.1, 0.15) is 44.4 Å². The zero-order valence-corrected chi connectivity index (χ0v) is 25.8. The van der Waals surface area contributed by atoms with Crippen LogP contribution in [0.2, 0.25) is 0 Å². The fourth-order valence-corrected chi connectivity index (χ4v) is 5.81. The standard InChI is InChI=1S/C32H41N3O5S/c1-23-13-16-27(17-14-23)41(38,39)35(28-21-24(2)15-18-29(28)40-7)22-30(36)34(20-19-26-11-9-8-10-12-26)25(3)31(37)33-32(4,5)6/h8-18,21,25H,19-20,22H2,1-7H3,(H,33,37). The Balaban J connectivity index is 2.06. The van der Waals surface area contributed by atoms with Gasteiger partial charge in [0, 0.05) is 12.1 Å². The number of methoxy groups -OCH3 is 1. The number of amides is 2. The highest BCUT2D eigenvalue weighted by Gasteiger charge is 2.34. The third-order valence-corrected chi connectivity index (χ3v) is 8.41. The van der Waals surface area contributed by atoms with Crippen LogP contribution in [0, 0.1) is 13.8 Å². The van der Waals surface area contributed by atoms with Crippen molar-refractivity contribution in [1.29, 1.82) is 0 Å². The van der Waals surface area contributed by atoms with E-state index in [0.29, 0.717) is 12.2 Å². The minimum absolute atomic E-state index is 0.0498. The summed E-state index contributed by atoms with van der Waals surface area (Å²) in [5, 5.41) is 2.94. The number of benzene rings is 3. The number of anilines is 1. The number of sulfonamides is 1. The van der Waals surface area contributed by atoms with Crippen molar-refractivity contribution in [2.45, 2.75) is 64.4 Å². The van der Waals surface area contributed by atoms with Crippen LogP contribution >= 0.6 is 0 Å². The molecule has 0 aliphatic rings. The first kappa shape index (κ1) is 31.7. The summed E-state index contributed by atoms with van der Waals surface area (Å²) in [7, 11) is -2.73. The Morgan fingerprint density at radius 1 is 0.927 bits per heavy atom. The van der Waals surface area contributed by atoms with Gasteiger partial charge in [-0.15, -0.1) is 0 Å². The summed E-state index contributed by atoms with van der Waals surface area (Å²) < 4.78 is 34.7. The van der Waals surface area contributed by atoms with E-state index in [4.69, 9.17) is 4.74 Å². The SMILES string of the molecule is COc1ccc(C)cc1N(CC(=O)N(CCc1ccccc1)C(C)C(=O)NC(C)(C)C)S(=O)(=O)c1ccc(C)cc1. The van der Waals surface area contributed by atoms with E-state index in [0.717, 1.165) is 21.0 Å². The number of hydrogen-bond acceptors (Lipinski definition) is 5. The van der Waals surface area contributed by atoms with E-state index in [9.17, 15) is 18.0 Å². The second kappa shape index (κ2) is 13.2. The number of ether oxygens (including phenoxy) is 1. The molecule has 1 unspecified atom stereocenters. The first-order valence-corrected chi connectivity index (χ1v) is 15.1. The molecule has 0 radical (unpaired) electrons. The molecule has 0 aromatic heterocycles. The van der Waals surface area contributed by atoms with Gasteiger partial charge in [0.1, 0.15) is 18.3 Å². The Morgan fingerprint density at radius 2 is 1.54 bits per heavy atom. The van der Waals surface area contributed by atoms with Crippen LogP contribution in [0.15, 0.2) is 77.7 Å². The van der Waals surface area contributed by atoms with Crippen LogP contribution < -0.4 is 14.4 Å². The number of nitrogens with one attached hydrogen (secondary N) is 1. The first-order valence-electron chi connectivity index (χ1n) is 13.6. The van der Waals surface area contributed by atoms with E-state index in [-0.39, 0.29) is 23.0 Å². The van der Waals surface area contributed by atoms with Gasteiger partial charge in [0.25, 0.3) is 10.0 Å². The summed E-state index contributed by atoms with van der Waals surface area (Å²) in [6, 6.07) is 20.5. The van der Waals surface area contributed by atoms with E-state index >= 15 is 0 Å². The maximum absolute atomic E-state index is 14.1. The van der Waals surface area contributed by atoms with Gasteiger partial charge in [-0.1, -0.05) is 54.1 Å². The Hall–Kier alpha value is -3.85. The monoisotopic (exact) mass is 579 g/mol. The van der Waals surface area contributed by atoms with Crippen molar-refractivity contribution >= 4 is 27.5 Å². The molecule has 0 heterocycles. The fraction of sp³-hybridized carbons (Fsp3) is 0.375. The van der Waals surface area contributed by atoms with Gasteiger partial charge >= 0.3 is 0 Å². The lowest BCUT2D eigenvalue weighted by atomic mass is 10.1. The molecule has 3 rings (SSSR count). The Morgan fingerprint density at radius 3 is 2.12 bits per heavy atom. The van der Waals surface area contributed by atoms with Gasteiger partial charge in [-0.25, -0.2) is 8.42 Å². The van der Waals surface area contributed by atoms with Crippen LogP contribution in [0.3, 0.4) is 0 Å². The number of aryl methyl sites for hydroxylation is 2. The Kier molecular flexibility index (Phi) is 10.2. The predicted octanol–water partition coefficient (Wildman–Crippen LogP) is 4.88. The molecule has 41 heavy (non-hydrogen) atoms.